The van der Waals surface area contributed by atoms with Crippen LogP contribution < -0.4 is 9.80 Å². The van der Waals surface area contributed by atoms with Gasteiger partial charge < -0.3 is 4.90 Å². The highest BCUT2D eigenvalue weighted by Crippen LogP contribution is 2.41. The van der Waals surface area contributed by atoms with Crippen LogP contribution in [0.2, 0.25) is 10.0 Å². The van der Waals surface area contributed by atoms with Crippen molar-refractivity contribution >= 4 is 46.5 Å². The maximum atomic E-state index is 14.5. The Bertz CT molecular complexity index is 1380. The van der Waals surface area contributed by atoms with Crippen LogP contribution in [0.1, 0.15) is 33.2 Å². The summed E-state index contributed by atoms with van der Waals surface area (Å²) in [5.41, 5.74) is -1.42. The van der Waals surface area contributed by atoms with E-state index >= 15 is 0 Å². The second-order valence-corrected chi connectivity index (χ2v) is 8.62. The van der Waals surface area contributed by atoms with E-state index in [4.69, 9.17) is 23.2 Å². The molecule has 4 rings (SSSR count). The molecular weight excluding hydrogens is 516 g/mol. The molecule has 0 unspecified atom stereocenters. The molecule has 2 aromatic carbocycles. The Morgan fingerprint density at radius 3 is 2.40 bits per heavy atom. The molecule has 1 aromatic heterocycles. The van der Waals surface area contributed by atoms with E-state index in [-0.39, 0.29) is 21.8 Å². The predicted molar refractivity (Wildman–Crippen MR) is 120 cm³/mol. The van der Waals surface area contributed by atoms with Crippen LogP contribution in [0, 0.1) is 18.6 Å². The predicted octanol–water partition coefficient (Wildman–Crippen LogP) is 6.36. The van der Waals surface area contributed by atoms with E-state index in [1.54, 1.807) is 0 Å². The van der Waals surface area contributed by atoms with Gasteiger partial charge in [0.05, 0.1) is 16.3 Å². The number of hydrogen-bond acceptors (Lipinski definition) is 3. The number of nitrogens with zero attached hydrogens (tertiary/aromatic N) is 3. The zero-order valence-electron chi connectivity index (χ0n) is 17.9. The quantitative estimate of drug-likeness (QED) is 0.293. The lowest BCUT2D eigenvalue weighted by molar-refractivity contribution is -0.137. The van der Waals surface area contributed by atoms with Gasteiger partial charge in [-0.2, -0.15) is 13.2 Å². The third-order valence-electron chi connectivity index (χ3n) is 5.45. The van der Waals surface area contributed by atoms with E-state index < -0.39 is 57.8 Å². The van der Waals surface area contributed by atoms with Gasteiger partial charge >= 0.3 is 6.18 Å². The summed E-state index contributed by atoms with van der Waals surface area (Å²) in [6.45, 7) is 1.31. The van der Waals surface area contributed by atoms with Crippen molar-refractivity contribution in [1.82, 2.24) is 4.98 Å². The standard InChI is InChI=1S/C23H14Cl2F5N3O2/c1-10-5-11(23(28,29)30)6-19(31-10)33-20(13-4-3-12(24)7-14(13)21(33)34)22(35)32(2)18-8-15(25)16(26)9-17(18)27/h3-9,20H,1-2H3/t20-/m1/s1. The van der Waals surface area contributed by atoms with Gasteiger partial charge in [-0.05, 0) is 42.8 Å². The van der Waals surface area contributed by atoms with Crippen LogP contribution in [0.5, 0.6) is 0 Å². The van der Waals surface area contributed by atoms with Crippen LogP contribution >= 0.6 is 23.2 Å². The highest BCUT2D eigenvalue weighted by Gasteiger charge is 2.45. The fourth-order valence-electron chi connectivity index (χ4n) is 3.83. The molecule has 0 fully saturated rings. The maximum absolute atomic E-state index is 14.5. The average Bonchev–Trinajstić information content (AvgIpc) is 3.06. The van der Waals surface area contributed by atoms with E-state index in [1.807, 2.05) is 0 Å². The number of alkyl halides is 3. The number of amides is 2. The Morgan fingerprint density at radius 2 is 1.74 bits per heavy atom. The fraction of sp³-hybridized carbons (Fsp3) is 0.174. The zero-order valence-corrected chi connectivity index (χ0v) is 19.4. The van der Waals surface area contributed by atoms with Crippen LogP contribution in [0.4, 0.5) is 33.5 Å². The first-order valence-corrected chi connectivity index (χ1v) is 10.7. The summed E-state index contributed by atoms with van der Waals surface area (Å²) in [7, 11) is 1.16. The van der Waals surface area contributed by atoms with Crippen molar-refractivity contribution in [2.45, 2.75) is 19.1 Å². The number of hydrogen-bond donors (Lipinski definition) is 0. The van der Waals surface area contributed by atoms with E-state index in [1.165, 1.54) is 25.1 Å². The molecular formula is C23H14Cl2F5N3O2. The van der Waals surface area contributed by atoms with Gasteiger partial charge in [-0.3, -0.25) is 14.5 Å². The van der Waals surface area contributed by atoms with Crippen molar-refractivity contribution in [1.29, 1.82) is 0 Å². The third kappa shape index (κ3) is 4.43. The molecule has 5 nitrogen and oxygen atoms in total. The molecule has 0 N–H and O–H groups in total. The number of aryl methyl sites for hydroxylation is 1. The van der Waals surface area contributed by atoms with E-state index in [9.17, 15) is 31.5 Å². The molecule has 35 heavy (non-hydrogen) atoms. The first kappa shape index (κ1) is 24.9. The lowest BCUT2D eigenvalue weighted by atomic mass is 10.0. The van der Waals surface area contributed by atoms with Gasteiger partial charge in [0.1, 0.15) is 23.5 Å². The zero-order chi connectivity index (χ0) is 25.8. The molecule has 0 spiro atoms. The second-order valence-electron chi connectivity index (χ2n) is 7.78. The summed E-state index contributed by atoms with van der Waals surface area (Å²) in [4.78, 5) is 32.5. The van der Waals surface area contributed by atoms with Crippen LogP contribution in [0.25, 0.3) is 0 Å². The number of carbonyl (C=O) groups is 2. The molecule has 182 valence electrons. The Hall–Kier alpha value is -3.24. The van der Waals surface area contributed by atoms with E-state index in [0.29, 0.717) is 12.1 Å². The summed E-state index contributed by atoms with van der Waals surface area (Å²) in [5.74, 6) is -4.31. The fourth-order valence-corrected chi connectivity index (χ4v) is 4.16. The molecule has 1 aliphatic heterocycles. The molecule has 12 heteroatoms. The summed E-state index contributed by atoms with van der Waals surface area (Å²) in [5, 5.41) is -0.300. The first-order valence-electron chi connectivity index (χ1n) is 9.90. The van der Waals surface area contributed by atoms with Gasteiger partial charge in [-0.15, -0.1) is 0 Å². The highest BCUT2D eigenvalue weighted by atomic mass is 35.5. The Labute approximate surface area is 205 Å². The van der Waals surface area contributed by atoms with E-state index in [0.717, 1.165) is 29.0 Å². The second kappa shape index (κ2) is 8.76. The van der Waals surface area contributed by atoms with Crippen molar-refractivity contribution in [3.8, 4) is 0 Å². The molecule has 0 saturated carbocycles. The van der Waals surface area contributed by atoms with Crippen LogP contribution in [-0.4, -0.2) is 23.8 Å². The molecule has 1 atom stereocenters. The molecule has 0 aliphatic carbocycles. The molecule has 0 radical (unpaired) electrons. The Balaban J connectivity index is 1.88. The lowest BCUT2D eigenvalue weighted by Gasteiger charge is -2.29. The number of rotatable bonds is 3. The van der Waals surface area contributed by atoms with Crippen LogP contribution in [0.15, 0.2) is 42.5 Å². The Kier molecular flexibility index (Phi) is 6.23. The average molecular weight is 530 g/mol. The van der Waals surface area contributed by atoms with Crippen LogP contribution in [-0.2, 0) is 11.0 Å². The summed E-state index contributed by atoms with van der Waals surface area (Å²) in [6.07, 6.45) is -4.74. The van der Waals surface area contributed by atoms with Gasteiger partial charge in [0, 0.05) is 29.4 Å². The summed E-state index contributed by atoms with van der Waals surface area (Å²) >= 11 is 11.7. The number of likely N-dealkylation sites (N-methyl/N-ethyl adjacent to an activating group) is 1. The third-order valence-corrected chi connectivity index (χ3v) is 5.97. The number of anilines is 2. The number of fused-ring (bicyclic) bond motifs is 1. The smallest absolute Gasteiger partial charge is 0.311 e. The summed E-state index contributed by atoms with van der Waals surface area (Å²) < 4.78 is 68.5. The van der Waals surface area contributed by atoms with E-state index in [2.05, 4.69) is 4.98 Å². The highest BCUT2D eigenvalue weighted by molar-refractivity contribution is 6.32. The van der Waals surface area contributed by atoms with Gasteiger partial charge in [0.2, 0.25) is 0 Å². The molecule has 1 aliphatic rings. The maximum Gasteiger partial charge on any atom is 0.416 e. The Morgan fingerprint density at radius 1 is 1.06 bits per heavy atom. The number of pyridine rings is 1. The van der Waals surface area contributed by atoms with Crippen molar-refractivity contribution in [3.05, 3.63) is 86.5 Å². The van der Waals surface area contributed by atoms with Gasteiger partial charge in [-0.1, -0.05) is 29.3 Å². The number of halogens is 7. The monoisotopic (exact) mass is 529 g/mol. The van der Waals surface area contributed by atoms with Crippen molar-refractivity contribution < 1.29 is 31.5 Å². The molecule has 2 amide bonds. The minimum atomic E-state index is -4.74. The molecule has 2 heterocycles. The van der Waals surface area contributed by atoms with Crippen LogP contribution in [0.3, 0.4) is 0 Å². The first-order chi connectivity index (χ1) is 16.3. The lowest BCUT2D eigenvalue weighted by Crippen LogP contribution is -2.41. The number of carbonyl (C=O) groups excluding carboxylic acids is 2. The largest absolute Gasteiger partial charge is 0.416 e. The van der Waals surface area contributed by atoms with Gasteiger partial charge in [0.25, 0.3) is 11.8 Å². The number of benzene rings is 2. The van der Waals surface area contributed by atoms with Gasteiger partial charge in [0.15, 0.2) is 0 Å². The topological polar surface area (TPSA) is 53.5 Å². The minimum absolute atomic E-state index is 0.0290. The SMILES string of the molecule is Cc1cc(C(F)(F)F)cc(N2C(=O)c3cc(Cl)ccc3[C@@H]2C(=O)N(C)c2cc(Cl)c(F)cc2F)n1. The van der Waals surface area contributed by atoms with Gasteiger partial charge in [-0.25, -0.2) is 13.8 Å². The van der Waals surface area contributed by atoms with Crippen molar-refractivity contribution in [2.75, 3.05) is 16.8 Å². The molecule has 0 bridgehead atoms. The van der Waals surface area contributed by atoms with Crippen molar-refractivity contribution in [2.24, 2.45) is 0 Å². The normalized spacial score (nSPS) is 15.4. The minimum Gasteiger partial charge on any atom is -0.311 e. The molecule has 0 saturated heterocycles. The molecule has 3 aromatic rings. The number of aromatic nitrogens is 1. The summed E-state index contributed by atoms with van der Waals surface area (Å²) in [6, 6.07) is 5.36. The van der Waals surface area contributed by atoms with Crippen molar-refractivity contribution in [3.63, 3.8) is 0 Å².